The molecule has 2 fully saturated rings. The van der Waals surface area contributed by atoms with Crippen LogP contribution in [0.5, 0.6) is 11.5 Å². The van der Waals surface area contributed by atoms with Gasteiger partial charge < -0.3 is 19.1 Å². The molecule has 27 heavy (non-hydrogen) atoms. The molecule has 3 aliphatic rings. The fraction of sp³-hybridized carbons (Fsp3) is 0.600. The third-order valence-corrected chi connectivity index (χ3v) is 5.59. The lowest BCUT2D eigenvalue weighted by Crippen LogP contribution is -2.43. The van der Waals surface area contributed by atoms with Crippen LogP contribution in [0.3, 0.4) is 0 Å². The molecule has 0 bridgehead atoms. The van der Waals surface area contributed by atoms with Gasteiger partial charge in [0.2, 0.25) is 0 Å². The average Bonchev–Trinajstić information content (AvgIpc) is 3.34. The summed E-state index contributed by atoms with van der Waals surface area (Å²) in [7, 11) is 0. The number of rotatable bonds is 6. The van der Waals surface area contributed by atoms with Gasteiger partial charge in [-0.05, 0) is 43.4 Å². The zero-order valence-corrected chi connectivity index (χ0v) is 16.0. The van der Waals surface area contributed by atoms with E-state index in [1.54, 1.807) is 12.1 Å². The van der Waals surface area contributed by atoms with Crippen LogP contribution in [0.4, 0.5) is 0 Å². The van der Waals surface area contributed by atoms with E-state index in [-0.39, 0.29) is 18.9 Å². The lowest BCUT2D eigenvalue weighted by atomic mass is 10.1. The van der Waals surface area contributed by atoms with E-state index in [2.05, 4.69) is 0 Å². The van der Waals surface area contributed by atoms with Crippen LogP contribution in [0.25, 0.3) is 0 Å². The first-order valence-corrected chi connectivity index (χ1v) is 10.0. The molecule has 0 N–H and O–H groups in total. The third-order valence-electron chi connectivity index (χ3n) is 5.31. The Hall–Kier alpha value is -1.95. The third kappa shape index (κ3) is 4.32. The van der Waals surface area contributed by atoms with Crippen molar-refractivity contribution in [3.05, 3.63) is 22.7 Å². The van der Waals surface area contributed by atoms with Gasteiger partial charge in [0.25, 0.3) is 5.91 Å². The summed E-state index contributed by atoms with van der Waals surface area (Å²) in [5.74, 6) is 0.525. The molecule has 1 aromatic carbocycles. The maximum atomic E-state index is 12.6. The summed E-state index contributed by atoms with van der Waals surface area (Å²) in [6.45, 7) is 0.711. The lowest BCUT2D eigenvalue weighted by Gasteiger charge is -2.28. The van der Waals surface area contributed by atoms with Crippen LogP contribution in [-0.4, -0.2) is 48.7 Å². The molecule has 0 saturated heterocycles. The van der Waals surface area contributed by atoms with Crippen LogP contribution in [0.1, 0.15) is 44.1 Å². The minimum absolute atomic E-state index is 0.0382. The fourth-order valence-corrected chi connectivity index (χ4v) is 4.23. The van der Waals surface area contributed by atoms with Gasteiger partial charge >= 0.3 is 5.97 Å². The number of carbonyl (C=O) groups excluding carboxylic acids is 2. The number of esters is 1. The first-order valence-electron chi connectivity index (χ1n) is 9.66. The summed E-state index contributed by atoms with van der Waals surface area (Å²) >= 11 is 6.20. The van der Waals surface area contributed by atoms with E-state index in [4.69, 9.17) is 25.8 Å². The van der Waals surface area contributed by atoms with Gasteiger partial charge in [-0.2, -0.15) is 0 Å². The number of amides is 1. The second-order valence-electron chi connectivity index (χ2n) is 7.41. The second kappa shape index (κ2) is 7.97. The van der Waals surface area contributed by atoms with Crippen LogP contribution in [0.15, 0.2) is 12.1 Å². The summed E-state index contributed by atoms with van der Waals surface area (Å²) in [5, 5.41) is 0.409. The smallest absolute Gasteiger partial charge is 0.310 e. The van der Waals surface area contributed by atoms with Crippen molar-refractivity contribution in [3.63, 3.8) is 0 Å². The Morgan fingerprint density at radius 2 is 1.78 bits per heavy atom. The second-order valence-corrected chi connectivity index (χ2v) is 7.82. The Balaban J connectivity index is 1.33. The maximum Gasteiger partial charge on any atom is 0.310 e. The highest BCUT2D eigenvalue weighted by molar-refractivity contribution is 6.32. The van der Waals surface area contributed by atoms with E-state index in [1.807, 2.05) is 4.90 Å². The summed E-state index contributed by atoms with van der Waals surface area (Å²) < 4.78 is 16.3. The molecule has 0 atom stereocenters. The molecule has 7 heteroatoms. The molecular weight excluding hydrogens is 370 g/mol. The first kappa shape index (κ1) is 18.4. The molecule has 0 aromatic heterocycles. The summed E-state index contributed by atoms with van der Waals surface area (Å²) in [4.78, 5) is 26.8. The topological polar surface area (TPSA) is 65.1 Å². The van der Waals surface area contributed by atoms with Crippen molar-refractivity contribution in [2.24, 2.45) is 0 Å². The fourth-order valence-electron chi connectivity index (χ4n) is 3.94. The Morgan fingerprint density at radius 1 is 1.07 bits per heavy atom. The molecule has 1 aromatic rings. The Morgan fingerprint density at radius 3 is 2.52 bits per heavy atom. The van der Waals surface area contributed by atoms with Crippen molar-refractivity contribution in [2.75, 3.05) is 19.8 Å². The van der Waals surface area contributed by atoms with E-state index in [0.717, 1.165) is 25.7 Å². The van der Waals surface area contributed by atoms with Crippen molar-refractivity contribution in [2.45, 2.75) is 57.0 Å². The molecule has 0 unspecified atom stereocenters. The molecule has 1 heterocycles. The number of hydrogen-bond donors (Lipinski definition) is 0. The van der Waals surface area contributed by atoms with Crippen molar-refractivity contribution in [1.29, 1.82) is 0 Å². The zero-order valence-electron chi connectivity index (χ0n) is 15.2. The van der Waals surface area contributed by atoms with Gasteiger partial charge in [0, 0.05) is 12.1 Å². The molecule has 146 valence electrons. The monoisotopic (exact) mass is 393 g/mol. The Labute approximate surface area is 163 Å². The van der Waals surface area contributed by atoms with Crippen LogP contribution in [-0.2, 0) is 20.7 Å². The van der Waals surface area contributed by atoms with Crippen LogP contribution in [0.2, 0.25) is 5.02 Å². The molecule has 0 spiro atoms. The Kier molecular flexibility index (Phi) is 5.43. The molecule has 0 radical (unpaired) electrons. The van der Waals surface area contributed by atoms with E-state index < -0.39 is 5.97 Å². The van der Waals surface area contributed by atoms with Gasteiger partial charge in [-0.25, -0.2) is 0 Å². The number of hydrogen-bond acceptors (Lipinski definition) is 5. The highest BCUT2D eigenvalue weighted by Crippen LogP contribution is 2.38. The predicted molar refractivity (Wildman–Crippen MR) is 99.2 cm³/mol. The number of ether oxygens (including phenoxy) is 3. The molecule has 2 saturated carbocycles. The number of nitrogens with zero attached hydrogens (tertiary/aromatic N) is 1. The number of halogens is 1. The molecule has 6 nitrogen and oxygen atoms in total. The molecule has 1 amide bonds. The predicted octanol–water partition coefficient (Wildman–Crippen LogP) is 3.13. The van der Waals surface area contributed by atoms with E-state index >= 15 is 0 Å². The van der Waals surface area contributed by atoms with Crippen molar-refractivity contribution < 1.29 is 23.8 Å². The normalized spacial score (nSPS) is 19.0. The SMILES string of the molecule is O=C(Cc1cc(Cl)c2c(c1)OCCO2)OCC(=O)N(C1CCCC1)C1CC1. The van der Waals surface area contributed by atoms with Gasteiger partial charge in [-0.15, -0.1) is 0 Å². The van der Waals surface area contributed by atoms with Crippen molar-refractivity contribution in [3.8, 4) is 11.5 Å². The largest absolute Gasteiger partial charge is 0.486 e. The number of fused-ring (bicyclic) bond motifs is 1. The van der Waals surface area contributed by atoms with E-state index in [1.165, 1.54) is 12.8 Å². The van der Waals surface area contributed by atoms with Crippen molar-refractivity contribution in [1.82, 2.24) is 4.90 Å². The summed E-state index contributed by atoms with van der Waals surface area (Å²) in [5.41, 5.74) is 0.677. The molecule has 2 aliphatic carbocycles. The summed E-state index contributed by atoms with van der Waals surface area (Å²) in [6.07, 6.45) is 6.63. The molecule has 4 rings (SSSR count). The zero-order chi connectivity index (χ0) is 18.8. The van der Waals surface area contributed by atoms with Crippen molar-refractivity contribution >= 4 is 23.5 Å². The molecule has 1 aliphatic heterocycles. The van der Waals surface area contributed by atoms with Gasteiger partial charge in [0.05, 0.1) is 11.4 Å². The first-order chi connectivity index (χ1) is 13.1. The lowest BCUT2D eigenvalue weighted by molar-refractivity contribution is -0.152. The van der Waals surface area contributed by atoms with Crippen LogP contribution in [0, 0.1) is 0 Å². The standard InChI is InChI=1S/C20H24ClNO5/c21-16-9-13(10-17-20(16)26-8-7-25-17)11-19(24)27-12-18(23)22(15-5-6-15)14-3-1-2-4-14/h9-10,14-15H,1-8,11-12H2. The molecular formula is C20H24ClNO5. The van der Waals surface area contributed by atoms with Gasteiger partial charge in [0.1, 0.15) is 13.2 Å². The maximum absolute atomic E-state index is 12.6. The summed E-state index contributed by atoms with van der Waals surface area (Å²) in [6, 6.07) is 4.07. The van der Waals surface area contributed by atoms with Gasteiger partial charge in [0.15, 0.2) is 18.1 Å². The highest BCUT2D eigenvalue weighted by Gasteiger charge is 2.38. The van der Waals surface area contributed by atoms with Crippen LogP contribution < -0.4 is 9.47 Å². The minimum Gasteiger partial charge on any atom is -0.486 e. The van der Waals surface area contributed by atoms with Crippen LogP contribution >= 0.6 is 11.6 Å². The average molecular weight is 394 g/mol. The Bertz CT molecular complexity index is 727. The quantitative estimate of drug-likeness (QED) is 0.695. The van der Waals surface area contributed by atoms with E-state index in [0.29, 0.717) is 47.4 Å². The van der Waals surface area contributed by atoms with E-state index in [9.17, 15) is 9.59 Å². The number of benzene rings is 1. The highest BCUT2D eigenvalue weighted by atomic mass is 35.5. The number of carbonyl (C=O) groups is 2. The van der Waals surface area contributed by atoms with Gasteiger partial charge in [-0.1, -0.05) is 24.4 Å². The minimum atomic E-state index is -0.446. The van der Waals surface area contributed by atoms with Gasteiger partial charge in [-0.3, -0.25) is 9.59 Å².